The Morgan fingerprint density at radius 1 is 1.23 bits per heavy atom. The topological polar surface area (TPSA) is 81.8 Å². The minimum Gasteiger partial charge on any atom is -0.326 e. The van der Waals surface area contributed by atoms with Crippen LogP contribution in [0.15, 0.2) is 64.7 Å². The molecule has 0 aliphatic carbocycles. The third-order valence-corrected chi connectivity index (χ3v) is 6.61. The molecule has 1 aliphatic rings. The van der Waals surface area contributed by atoms with Crippen molar-refractivity contribution in [3.05, 3.63) is 75.7 Å². The fourth-order valence-electron chi connectivity index (χ4n) is 3.72. The van der Waals surface area contributed by atoms with Gasteiger partial charge in [0, 0.05) is 22.9 Å². The second kappa shape index (κ2) is 7.86. The highest BCUT2D eigenvalue weighted by atomic mass is 35.5. The summed E-state index contributed by atoms with van der Waals surface area (Å²) in [6.45, 7) is 1.99. The Labute approximate surface area is 187 Å². The zero-order valence-corrected chi connectivity index (χ0v) is 18.2. The van der Waals surface area contributed by atoms with Crippen molar-refractivity contribution in [3.63, 3.8) is 0 Å². The Morgan fingerprint density at radius 2 is 2.00 bits per heavy atom. The van der Waals surface area contributed by atoms with Crippen molar-refractivity contribution in [3.8, 4) is 5.69 Å². The molecule has 0 saturated carbocycles. The Bertz CT molecular complexity index is 1360. The van der Waals surface area contributed by atoms with Gasteiger partial charge in [-0.25, -0.2) is 9.67 Å². The minimum atomic E-state index is -0.265. The molecule has 5 rings (SSSR count). The van der Waals surface area contributed by atoms with E-state index in [0.717, 1.165) is 11.3 Å². The smallest absolute Gasteiger partial charge is 0.265 e. The van der Waals surface area contributed by atoms with Crippen LogP contribution in [0.25, 0.3) is 16.7 Å². The Kier molecular flexibility index (Phi) is 5.03. The molecule has 2 aromatic carbocycles. The molecule has 0 radical (unpaired) electrons. The van der Waals surface area contributed by atoms with E-state index in [-0.39, 0.29) is 23.9 Å². The van der Waals surface area contributed by atoms with Gasteiger partial charge in [-0.05, 0) is 42.8 Å². The molecule has 1 amide bonds. The summed E-state index contributed by atoms with van der Waals surface area (Å²) in [6.07, 6.45) is 1.74. The molecule has 1 atom stereocenters. The lowest BCUT2D eigenvalue weighted by Gasteiger charge is -2.13. The molecule has 0 spiro atoms. The molecule has 3 heterocycles. The first-order valence-electron chi connectivity index (χ1n) is 9.76. The van der Waals surface area contributed by atoms with Crippen molar-refractivity contribution in [2.45, 2.75) is 24.5 Å². The fraction of sp³-hybridized carbons (Fsp3) is 0.182. The standard InChI is InChI=1S/C22H18ClN5O2S/c1-13-4-2-3-5-18(13)28-20-17(11-24-28)21(30)27-16(12-31-22(27)26-20)10-19(29)25-15-8-6-14(23)7-9-15/h2-9,11,16H,10,12H2,1H3,(H,25,29). The maximum atomic E-state index is 13.2. The summed E-state index contributed by atoms with van der Waals surface area (Å²) in [5.41, 5.74) is 2.95. The second-order valence-corrected chi connectivity index (χ2v) is 8.80. The van der Waals surface area contributed by atoms with Crippen LogP contribution in [0.3, 0.4) is 0 Å². The van der Waals surface area contributed by atoms with Gasteiger partial charge in [-0.1, -0.05) is 41.6 Å². The van der Waals surface area contributed by atoms with Crippen molar-refractivity contribution in [1.82, 2.24) is 19.3 Å². The Balaban J connectivity index is 1.45. The summed E-state index contributed by atoms with van der Waals surface area (Å²) in [4.78, 5) is 30.5. The zero-order valence-electron chi connectivity index (χ0n) is 16.6. The summed E-state index contributed by atoms with van der Waals surface area (Å²) in [5.74, 6) is 0.448. The SMILES string of the molecule is Cc1ccccc1-n1ncc2c(=O)n3c(nc21)SCC3CC(=O)Nc1ccc(Cl)cc1. The third-order valence-electron chi connectivity index (χ3n) is 5.26. The molecule has 7 nitrogen and oxygen atoms in total. The van der Waals surface area contributed by atoms with Crippen LogP contribution in [0.1, 0.15) is 18.0 Å². The number of benzene rings is 2. The van der Waals surface area contributed by atoms with E-state index in [1.54, 1.807) is 39.7 Å². The number of aromatic nitrogens is 4. The predicted molar refractivity (Wildman–Crippen MR) is 122 cm³/mol. The van der Waals surface area contributed by atoms with Crippen LogP contribution >= 0.6 is 23.4 Å². The maximum absolute atomic E-state index is 13.2. The number of thioether (sulfide) groups is 1. The van der Waals surface area contributed by atoms with Crippen LogP contribution in [-0.2, 0) is 4.79 Å². The number of amides is 1. The molecule has 4 aromatic rings. The van der Waals surface area contributed by atoms with Crippen LogP contribution in [0, 0.1) is 6.92 Å². The molecule has 0 fully saturated rings. The highest BCUT2D eigenvalue weighted by Crippen LogP contribution is 2.33. The highest BCUT2D eigenvalue weighted by molar-refractivity contribution is 7.99. The van der Waals surface area contributed by atoms with Gasteiger partial charge in [0.2, 0.25) is 5.91 Å². The molecule has 0 bridgehead atoms. The average molecular weight is 452 g/mol. The van der Waals surface area contributed by atoms with E-state index in [1.807, 2.05) is 31.2 Å². The first-order valence-corrected chi connectivity index (χ1v) is 11.1. The van der Waals surface area contributed by atoms with E-state index in [4.69, 9.17) is 16.6 Å². The molecule has 0 saturated heterocycles. The van der Waals surface area contributed by atoms with E-state index < -0.39 is 0 Å². The van der Waals surface area contributed by atoms with Gasteiger partial charge in [-0.3, -0.25) is 14.2 Å². The summed E-state index contributed by atoms with van der Waals surface area (Å²) in [7, 11) is 0. The van der Waals surface area contributed by atoms with E-state index in [9.17, 15) is 9.59 Å². The van der Waals surface area contributed by atoms with Gasteiger partial charge in [0.15, 0.2) is 10.8 Å². The van der Waals surface area contributed by atoms with Crippen molar-refractivity contribution in [2.24, 2.45) is 0 Å². The summed E-state index contributed by atoms with van der Waals surface area (Å²) in [6, 6.07) is 14.5. The van der Waals surface area contributed by atoms with Gasteiger partial charge in [-0.15, -0.1) is 0 Å². The number of carbonyl (C=O) groups is 1. The van der Waals surface area contributed by atoms with Gasteiger partial charge in [0.1, 0.15) is 5.39 Å². The second-order valence-electron chi connectivity index (χ2n) is 7.37. The van der Waals surface area contributed by atoms with Crippen LogP contribution in [0.2, 0.25) is 5.02 Å². The average Bonchev–Trinajstić information content (AvgIpc) is 3.35. The fourth-order valence-corrected chi connectivity index (χ4v) is 4.97. The van der Waals surface area contributed by atoms with Crippen LogP contribution < -0.4 is 10.9 Å². The number of hydrogen-bond donors (Lipinski definition) is 1. The number of rotatable bonds is 4. The lowest BCUT2D eigenvalue weighted by Crippen LogP contribution is -2.27. The number of hydrogen-bond acceptors (Lipinski definition) is 5. The van der Waals surface area contributed by atoms with Crippen LogP contribution in [0.5, 0.6) is 0 Å². The minimum absolute atomic E-state index is 0.164. The molecule has 31 heavy (non-hydrogen) atoms. The monoisotopic (exact) mass is 451 g/mol. The number of carbonyl (C=O) groups excluding carboxylic acids is 1. The molecule has 2 aromatic heterocycles. The van der Waals surface area contributed by atoms with Crippen molar-refractivity contribution in [2.75, 3.05) is 11.1 Å². The maximum Gasteiger partial charge on any atom is 0.265 e. The zero-order chi connectivity index (χ0) is 21.5. The van der Waals surface area contributed by atoms with Gasteiger partial charge >= 0.3 is 0 Å². The van der Waals surface area contributed by atoms with Crippen LogP contribution in [-0.4, -0.2) is 31.0 Å². The van der Waals surface area contributed by atoms with E-state index in [0.29, 0.717) is 32.7 Å². The molecule has 156 valence electrons. The number of halogens is 1. The van der Waals surface area contributed by atoms with E-state index in [2.05, 4.69) is 10.4 Å². The molecule has 1 unspecified atom stereocenters. The van der Waals surface area contributed by atoms with Crippen LogP contribution in [0.4, 0.5) is 5.69 Å². The lowest BCUT2D eigenvalue weighted by molar-refractivity contribution is -0.116. The van der Waals surface area contributed by atoms with Gasteiger partial charge in [-0.2, -0.15) is 5.10 Å². The van der Waals surface area contributed by atoms with Crippen molar-refractivity contribution >= 4 is 46.0 Å². The molecule has 1 aliphatic heterocycles. The van der Waals surface area contributed by atoms with Crippen molar-refractivity contribution in [1.29, 1.82) is 0 Å². The quantitative estimate of drug-likeness (QED) is 0.470. The molecule has 1 N–H and O–H groups in total. The van der Waals surface area contributed by atoms with Crippen molar-refractivity contribution < 1.29 is 4.79 Å². The predicted octanol–water partition coefficient (Wildman–Crippen LogP) is 4.22. The largest absolute Gasteiger partial charge is 0.326 e. The molecular weight excluding hydrogens is 434 g/mol. The van der Waals surface area contributed by atoms with Gasteiger partial charge < -0.3 is 5.32 Å². The first kappa shape index (κ1) is 19.8. The Hall–Kier alpha value is -3.10. The third kappa shape index (κ3) is 3.62. The Morgan fingerprint density at radius 3 is 2.77 bits per heavy atom. The molecule has 9 heteroatoms. The number of aryl methyl sites for hydroxylation is 1. The number of anilines is 1. The normalized spacial score (nSPS) is 15.2. The summed E-state index contributed by atoms with van der Waals surface area (Å²) < 4.78 is 3.33. The summed E-state index contributed by atoms with van der Waals surface area (Å²) in [5, 5.41) is 8.93. The van der Waals surface area contributed by atoms with E-state index >= 15 is 0 Å². The number of para-hydroxylation sites is 1. The van der Waals surface area contributed by atoms with Gasteiger partial charge in [0.05, 0.1) is 17.9 Å². The summed E-state index contributed by atoms with van der Waals surface area (Å²) >= 11 is 7.37. The highest BCUT2D eigenvalue weighted by Gasteiger charge is 2.29. The van der Waals surface area contributed by atoms with E-state index in [1.165, 1.54) is 11.8 Å². The number of nitrogens with zero attached hydrogens (tertiary/aromatic N) is 4. The number of fused-ring (bicyclic) bond motifs is 2. The lowest BCUT2D eigenvalue weighted by atomic mass is 10.2. The number of nitrogens with one attached hydrogen (secondary N) is 1. The molecular formula is C22H18ClN5O2S. The van der Waals surface area contributed by atoms with Gasteiger partial charge in [0.25, 0.3) is 5.56 Å². The first-order chi connectivity index (χ1) is 15.0.